The van der Waals surface area contributed by atoms with Gasteiger partial charge < -0.3 is 15.2 Å². The molecule has 22 heavy (non-hydrogen) atoms. The standard InChI is InChI=1S/C17H22ClNO3/c1-13(10-14-4-2-3-5-15(14)18)16(21)19-11-17(6-8-20)7-9-22-12-17/h2-5,10,20H,6-9,11-12H2,1H3,(H,19,21)/b13-10-. The van der Waals surface area contributed by atoms with Crippen LogP contribution in [-0.2, 0) is 9.53 Å². The van der Waals surface area contributed by atoms with Gasteiger partial charge in [0, 0.05) is 35.8 Å². The molecule has 1 unspecified atom stereocenters. The van der Waals surface area contributed by atoms with Gasteiger partial charge in [-0.3, -0.25) is 4.79 Å². The Morgan fingerprint density at radius 3 is 2.91 bits per heavy atom. The highest BCUT2D eigenvalue weighted by molar-refractivity contribution is 6.32. The average Bonchev–Trinajstić information content (AvgIpc) is 2.96. The Morgan fingerprint density at radius 1 is 1.50 bits per heavy atom. The summed E-state index contributed by atoms with van der Waals surface area (Å²) in [4.78, 5) is 12.2. The van der Waals surface area contributed by atoms with Crippen molar-refractivity contribution >= 4 is 23.6 Å². The Bertz CT molecular complexity index is 551. The van der Waals surface area contributed by atoms with Crippen LogP contribution in [0.25, 0.3) is 6.08 Å². The molecule has 1 aromatic rings. The highest BCUT2D eigenvalue weighted by Gasteiger charge is 2.34. The van der Waals surface area contributed by atoms with Gasteiger partial charge in [-0.25, -0.2) is 0 Å². The van der Waals surface area contributed by atoms with Crippen LogP contribution in [0.3, 0.4) is 0 Å². The van der Waals surface area contributed by atoms with Crippen molar-refractivity contribution in [2.75, 3.05) is 26.4 Å². The van der Waals surface area contributed by atoms with Crippen LogP contribution in [0.1, 0.15) is 25.3 Å². The van der Waals surface area contributed by atoms with Crippen LogP contribution >= 0.6 is 11.6 Å². The first-order valence-corrected chi connectivity index (χ1v) is 7.84. The summed E-state index contributed by atoms with van der Waals surface area (Å²) in [6.07, 6.45) is 3.28. The lowest BCUT2D eigenvalue weighted by atomic mass is 9.84. The summed E-state index contributed by atoms with van der Waals surface area (Å²) >= 11 is 6.10. The fraction of sp³-hybridized carbons (Fsp3) is 0.471. The molecule has 0 bridgehead atoms. The maximum absolute atomic E-state index is 12.2. The van der Waals surface area contributed by atoms with Gasteiger partial charge in [0.25, 0.3) is 0 Å². The third-order valence-electron chi connectivity index (χ3n) is 4.09. The van der Waals surface area contributed by atoms with Gasteiger partial charge >= 0.3 is 0 Å². The van der Waals surface area contributed by atoms with Gasteiger partial charge in [0.05, 0.1) is 6.61 Å². The number of aliphatic hydroxyl groups is 1. The zero-order chi connectivity index (χ0) is 16.0. The molecule has 1 aliphatic rings. The Labute approximate surface area is 136 Å². The van der Waals surface area contributed by atoms with Crippen LogP contribution in [0.2, 0.25) is 5.02 Å². The van der Waals surface area contributed by atoms with Gasteiger partial charge in [-0.05, 0) is 37.5 Å². The van der Waals surface area contributed by atoms with Crippen molar-refractivity contribution in [2.24, 2.45) is 5.41 Å². The molecule has 0 radical (unpaired) electrons. The van der Waals surface area contributed by atoms with Crippen molar-refractivity contribution in [2.45, 2.75) is 19.8 Å². The van der Waals surface area contributed by atoms with E-state index in [2.05, 4.69) is 5.32 Å². The van der Waals surface area contributed by atoms with E-state index >= 15 is 0 Å². The summed E-state index contributed by atoms with van der Waals surface area (Å²) in [6.45, 7) is 3.65. The quantitative estimate of drug-likeness (QED) is 0.791. The predicted octanol–water partition coefficient (Wildman–Crippen LogP) is 2.65. The molecule has 5 heteroatoms. The number of rotatable bonds is 6. The number of hydrogen-bond donors (Lipinski definition) is 2. The molecule has 2 N–H and O–H groups in total. The van der Waals surface area contributed by atoms with E-state index in [1.807, 2.05) is 18.2 Å². The minimum Gasteiger partial charge on any atom is -0.396 e. The summed E-state index contributed by atoms with van der Waals surface area (Å²) in [7, 11) is 0. The molecule has 1 saturated heterocycles. The first-order chi connectivity index (χ1) is 10.6. The number of ether oxygens (including phenoxy) is 1. The lowest BCUT2D eigenvalue weighted by molar-refractivity contribution is -0.118. The average molecular weight is 324 g/mol. The van der Waals surface area contributed by atoms with Gasteiger partial charge in [-0.15, -0.1) is 0 Å². The summed E-state index contributed by atoms with van der Waals surface area (Å²) in [5.74, 6) is -0.121. The molecule has 4 nitrogen and oxygen atoms in total. The zero-order valence-electron chi connectivity index (χ0n) is 12.8. The molecule has 1 aliphatic heterocycles. The minimum atomic E-state index is -0.144. The third kappa shape index (κ3) is 4.32. The molecule has 1 fully saturated rings. The van der Waals surface area contributed by atoms with Crippen LogP contribution < -0.4 is 5.32 Å². The SMILES string of the molecule is C/C(=C/c1ccccc1Cl)C(=O)NCC1(CCO)CCOC1. The van der Waals surface area contributed by atoms with Crippen LogP contribution in [0, 0.1) is 5.41 Å². The molecule has 2 rings (SSSR count). The third-order valence-corrected chi connectivity index (χ3v) is 4.43. The topological polar surface area (TPSA) is 58.6 Å². The normalized spacial score (nSPS) is 21.9. The number of benzene rings is 1. The van der Waals surface area contributed by atoms with Crippen LogP contribution in [0.15, 0.2) is 29.8 Å². The molecule has 1 amide bonds. The van der Waals surface area contributed by atoms with Crippen LogP contribution in [0.5, 0.6) is 0 Å². The van der Waals surface area contributed by atoms with Crippen molar-refractivity contribution in [3.8, 4) is 0 Å². The number of aliphatic hydroxyl groups excluding tert-OH is 1. The van der Waals surface area contributed by atoms with Gasteiger partial charge in [-0.1, -0.05) is 29.8 Å². The second kappa shape index (κ2) is 7.77. The molecule has 1 atom stereocenters. The fourth-order valence-electron chi connectivity index (χ4n) is 2.61. The van der Waals surface area contributed by atoms with Crippen molar-refractivity contribution in [1.82, 2.24) is 5.32 Å². The molecule has 0 aliphatic carbocycles. The Balaban J connectivity index is 1.98. The lowest BCUT2D eigenvalue weighted by Gasteiger charge is -2.26. The minimum absolute atomic E-state index is 0.105. The summed E-state index contributed by atoms with van der Waals surface area (Å²) in [5, 5.41) is 12.8. The Hall–Kier alpha value is -1.36. The van der Waals surface area contributed by atoms with E-state index in [4.69, 9.17) is 16.3 Å². The monoisotopic (exact) mass is 323 g/mol. The zero-order valence-corrected chi connectivity index (χ0v) is 13.5. The number of carbonyl (C=O) groups excluding carboxylic acids is 1. The molecular formula is C17H22ClNO3. The first kappa shape index (κ1) is 17.0. The maximum Gasteiger partial charge on any atom is 0.246 e. The van der Waals surface area contributed by atoms with E-state index in [0.29, 0.717) is 36.8 Å². The van der Waals surface area contributed by atoms with Crippen molar-refractivity contribution in [3.63, 3.8) is 0 Å². The summed E-state index contributed by atoms with van der Waals surface area (Å²) < 4.78 is 5.42. The van der Waals surface area contributed by atoms with Crippen molar-refractivity contribution in [3.05, 3.63) is 40.4 Å². The Morgan fingerprint density at radius 2 is 2.27 bits per heavy atom. The number of carbonyl (C=O) groups is 1. The van der Waals surface area contributed by atoms with E-state index in [9.17, 15) is 9.90 Å². The van der Waals surface area contributed by atoms with E-state index < -0.39 is 0 Å². The van der Waals surface area contributed by atoms with Gasteiger partial charge in [0.2, 0.25) is 5.91 Å². The molecule has 0 aromatic heterocycles. The van der Waals surface area contributed by atoms with E-state index in [0.717, 1.165) is 12.0 Å². The number of hydrogen-bond acceptors (Lipinski definition) is 3. The highest BCUT2D eigenvalue weighted by Crippen LogP contribution is 2.31. The molecular weight excluding hydrogens is 302 g/mol. The largest absolute Gasteiger partial charge is 0.396 e. The van der Waals surface area contributed by atoms with E-state index in [1.54, 1.807) is 19.1 Å². The van der Waals surface area contributed by atoms with Crippen molar-refractivity contribution < 1.29 is 14.6 Å². The molecule has 0 saturated carbocycles. The number of halogens is 1. The summed E-state index contributed by atoms with van der Waals surface area (Å²) in [5.41, 5.74) is 1.28. The molecule has 120 valence electrons. The predicted molar refractivity (Wildman–Crippen MR) is 87.7 cm³/mol. The second-order valence-corrected chi connectivity index (χ2v) is 6.21. The number of amides is 1. The second-order valence-electron chi connectivity index (χ2n) is 5.81. The Kier molecular flexibility index (Phi) is 6.00. The highest BCUT2D eigenvalue weighted by atomic mass is 35.5. The van der Waals surface area contributed by atoms with Gasteiger partial charge in [0.15, 0.2) is 0 Å². The van der Waals surface area contributed by atoms with E-state index in [-0.39, 0.29) is 17.9 Å². The smallest absolute Gasteiger partial charge is 0.246 e. The first-order valence-electron chi connectivity index (χ1n) is 7.46. The van der Waals surface area contributed by atoms with Crippen molar-refractivity contribution in [1.29, 1.82) is 0 Å². The van der Waals surface area contributed by atoms with Gasteiger partial charge in [0.1, 0.15) is 0 Å². The van der Waals surface area contributed by atoms with Gasteiger partial charge in [-0.2, -0.15) is 0 Å². The van der Waals surface area contributed by atoms with E-state index in [1.165, 1.54) is 0 Å². The fourth-order valence-corrected chi connectivity index (χ4v) is 2.80. The van der Waals surface area contributed by atoms with Crippen LogP contribution in [-0.4, -0.2) is 37.4 Å². The molecule has 1 heterocycles. The summed E-state index contributed by atoms with van der Waals surface area (Å²) in [6, 6.07) is 7.41. The molecule has 0 spiro atoms. The number of nitrogens with one attached hydrogen (secondary N) is 1. The maximum atomic E-state index is 12.2. The molecule has 1 aromatic carbocycles. The van der Waals surface area contributed by atoms with Crippen LogP contribution in [0.4, 0.5) is 0 Å². The lowest BCUT2D eigenvalue weighted by Crippen LogP contribution is -2.39.